The second-order valence-electron chi connectivity index (χ2n) is 6.05. The zero-order valence-corrected chi connectivity index (χ0v) is 13.4. The number of hydrogen-bond donors (Lipinski definition) is 0. The van der Waals surface area contributed by atoms with Crippen LogP contribution in [0, 0.1) is 5.82 Å². The summed E-state index contributed by atoms with van der Waals surface area (Å²) in [6.45, 7) is 0.520. The maximum absolute atomic E-state index is 14.3. The summed E-state index contributed by atoms with van der Waals surface area (Å²) in [6.07, 6.45) is 3.55. The molecule has 25 heavy (non-hydrogen) atoms. The van der Waals surface area contributed by atoms with Crippen molar-refractivity contribution in [3.05, 3.63) is 72.0 Å². The highest BCUT2D eigenvalue weighted by Gasteiger charge is 2.27. The van der Waals surface area contributed by atoms with Crippen LogP contribution in [-0.4, -0.2) is 17.4 Å². The number of carbonyl (C=O) groups is 1. The van der Waals surface area contributed by atoms with Crippen LogP contribution in [0.4, 0.5) is 4.39 Å². The molecule has 3 aromatic rings. The maximum atomic E-state index is 14.3. The van der Waals surface area contributed by atoms with Crippen molar-refractivity contribution in [2.45, 2.75) is 18.8 Å². The number of ketones is 1. The topological polar surface area (TPSA) is 52.3 Å². The summed E-state index contributed by atoms with van der Waals surface area (Å²) in [4.78, 5) is 16.5. The Morgan fingerprint density at radius 2 is 2.12 bits per heavy atom. The van der Waals surface area contributed by atoms with Crippen LogP contribution in [0.5, 0.6) is 5.75 Å². The number of aromatic nitrogens is 1. The number of carbonyl (C=O) groups excluding carboxylic acids is 1. The first kappa shape index (κ1) is 15.6. The number of Topliss-reactive ketones (excluding diaryl/α,β-unsaturated/α-hetero) is 1. The Hall–Kier alpha value is -2.95. The van der Waals surface area contributed by atoms with Gasteiger partial charge in [-0.05, 0) is 30.2 Å². The van der Waals surface area contributed by atoms with E-state index in [-0.39, 0.29) is 18.1 Å². The van der Waals surface area contributed by atoms with Crippen molar-refractivity contribution in [1.82, 2.24) is 4.98 Å². The van der Waals surface area contributed by atoms with E-state index in [1.807, 2.05) is 24.3 Å². The van der Waals surface area contributed by atoms with Gasteiger partial charge in [0.2, 0.25) is 0 Å². The molecule has 126 valence electrons. The van der Waals surface area contributed by atoms with E-state index < -0.39 is 5.82 Å². The van der Waals surface area contributed by atoms with Crippen molar-refractivity contribution in [3.8, 4) is 17.1 Å². The maximum Gasteiger partial charge on any atom is 0.181 e. The minimum Gasteiger partial charge on any atom is -0.493 e. The molecule has 0 aliphatic carbocycles. The first-order chi connectivity index (χ1) is 12.2. The summed E-state index contributed by atoms with van der Waals surface area (Å²) in [5.74, 6) is 0.576. The molecule has 4 nitrogen and oxygen atoms in total. The smallest absolute Gasteiger partial charge is 0.181 e. The zero-order chi connectivity index (χ0) is 17.2. The van der Waals surface area contributed by atoms with Crippen LogP contribution in [0.2, 0.25) is 0 Å². The fraction of sp³-hybridized carbons (Fsp3) is 0.200. The SMILES string of the molecule is O=C(Cc1ccc(-c2cnco2)c(F)c1)C1CCOc2ccccc21. The van der Waals surface area contributed by atoms with Crippen LogP contribution in [0.3, 0.4) is 0 Å². The highest BCUT2D eigenvalue weighted by Crippen LogP contribution is 2.34. The molecule has 1 aliphatic rings. The van der Waals surface area contributed by atoms with Crippen molar-refractivity contribution < 1.29 is 18.3 Å². The second-order valence-corrected chi connectivity index (χ2v) is 6.05. The molecule has 5 heteroatoms. The highest BCUT2D eigenvalue weighted by molar-refractivity contribution is 5.88. The van der Waals surface area contributed by atoms with Crippen LogP contribution < -0.4 is 4.74 Å². The molecule has 1 aliphatic heterocycles. The molecule has 2 aromatic carbocycles. The summed E-state index contributed by atoms with van der Waals surface area (Å²) < 4.78 is 25.1. The van der Waals surface area contributed by atoms with Gasteiger partial charge in [0, 0.05) is 17.9 Å². The van der Waals surface area contributed by atoms with Crippen LogP contribution in [0.25, 0.3) is 11.3 Å². The first-order valence-corrected chi connectivity index (χ1v) is 8.14. The molecule has 0 saturated heterocycles. The Morgan fingerprint density at radius 3 is 2.92 bits per heavy atom. The highest BCUT2D eigenvalue weighted by atomic mass is 19.1. The number of benzene rings is 2. The van der Waals surface area contributed by atoms with Crippen LogP contribution in [0.1, 0.15) is 23.5 Å². The third-order valence-corrected chi connectivity index (χ3v) is 4.46. The van der Waals surface area contributed by atoms with E-state index in [0.717, 1.165) is 11.3 Å². The Morgan fingerprint density at radius 1 is 1.24 bits per heavy atom. The Balaban J connectivity index is 1.55. The minimum absolute atomic E-state index is 0.0718. The molecule has 1 unspecified atom stereocenters. The molecule has 0 spiro atoms. The lowest BCUT2D eigenvalue weighted by molar-refractivity contribution is -0.120. The molecule has 1 aromatic heterocycles. The number of oxazole rings is 1. The predicted molar refractivity (Wildman–Crippen MR) is 89.9 cm³/mol. The number of rotatable bonds is 4. The van der Waals surface area contributed by atoms with Crippen molar-refractivity contribution in [2.24, 2.45) is 0 Å². The van der Waals surface area contributed by atoms with Crippen molar-refractivity contribution in [3.63, 3.8) is 0 Å². The van der Waals surface area contributed by atoms with Crippen LogP contribution >= 0.6 is 0 Å². The molecule has 0 radical (unpaired) electrons. The number of hydrogen-bond acceptors (Lipinski definition) is 4. The fourth-order valence-electron chi connectivity index (χ4n) is 3.22. The molecule has 0 N–H and O–H groups in total. The van der Waals surface area contributed by atoms with E-state index in [2.05, 4.69) is 4.98 Å². The predicted octanol–water partition coefficient (Wildman–Crippen LogP) is 4.16. The average molecular weight is 337 g/mol. The standard InChI is InChI=1S/C20H16FNO3/c21-17-9-13(5-6-16(17)20-11-22-12-25-20)10-18(23)14-7-8-24-19-4-2-1-3-15(14)19/h1-6,9,11-12,14H,7-8,10H2. The van der Waals surface area contributed by atoms with Gasteiger partial charge in [0.15, 0.2) is 12.2 Å². The fourth-order valence-corrected chi connectivity index (χ4v) is 3.22. The average Bonchev–Trinajstić information content (AvgIpc) is 3.15. The van der Waals surface area contributed by atoms with Crippen molar-refractivity contribution in [2.75, 3.05) is 6.61 Å². The molecular formula is C20H16FNO3. The number of halogens is 1. The second kappa shape index (κ2) is 6.51. The van der Waals surface area contributed by atoms with Gasteiger partial charge < -0.3 is 9.15 Å². The summed E-state index contributed by atoms with van der Waals surface area (Å²) >= 11 is 0. The lowest BCUT2D eigenvalue weighted by atomic mass is 9.86. The van der Waals surface area contributed by atoms with Gasteiger partial charge in [0.25, 0.3) is 0 Å². The van der Waals surface area contributed by atoms with Crippen molar-refractivity contribution >= 4 is 5.78 Å². The number of para-hydroxylation sites is 1. The third-order valence-electron chi connectivity index (χ3n) is 4.46. The molecule has 0 saturated carbocycles. The molecule has 1 atom stereocenters. The van der Waals surface area contributed by atoms with Crippen LogP contribution in [0.15, 0.2) is 59.5 Å². The monoisotopic (exact) mass is 337 g/mol. The largest absolute Gasteiger partial charge is 0.493 e. The zero-order valence-electron chi connectivity index (χ0n) is 13.4. The lowest BCUT2D eigenvalue weighted by Crippen LogP contribution is -2.22. The van der Waals surface area contributed by atoms with Gasteiger partial charge in [-0.25, -0.2) is 9.37 Å². The first-order valence-electron chi connectivity index (χ1n) is 8.14. The van der Waals surface area contributed by atoms with Gasteiger partial charge in [-0.1, -0.05) is 24.3 Å². The molecule has 2 heterocycles. The van der Waals surface area contributed by atoms with Gasteiger partial charge >= 0.3 is 0 Å². The van der Waals surface area contributed by atoms with E-state index >= 15 is 0 Å². The molecule has 0 fully saturated rings. The molecule has 0 amide bonds. The molecule has 0 bridgehead atoms. The number of nitrogens with zero attached hydrogens (tertiary/aromatic N) is 1. The number of ether oxygens (including phenoxy) is 1. The Bertz CT molecular complexity index is 905. The van der Waals surface area contributed by atoms with E-state index in [1.165, 1.54) is 18.7 Å². The summed E-state index contributed by atoms with van der Waals surface area (Å²) in [5.41, 5.74) is 1.90. The van der Waals surface area contributed by atoms with Crippen LogP contribution in [-0.2, 0) is 11.2 Å². The third kappa shape index (κ3) is 3.05. The van der Waals surface area contributed by atoms with Gasteiger partial charge in [-0.15, -0.1) is 0 Å². The van der Waals surface area contributed by atoms with E-state index in [4.69, 9.17) is 9.15 Å². The van der Waals surface area contributed by atoms with Gasteiger partial charge in [0.1, 0.15) is 17.3 Å². The quantitative estimate of drug-likeness (QED) is 0.717. The summed E-state index contributed by atoms with van der Waals surface area (Å²) in [5, 5.41) is 0. The van der Waals surface area contributed by atoms with Crippen molar-refractivity contribution in [1.29, 1.82) is 0 Å². The Kier molecular flexibility index (Phi) is 4.06. The summed E-state index contributed by atoms with van der Waals surface area (Å²) in [6, 6.07) is 12.4. The van der Waals surface area contributed by atoms with E-state index in [1.54, 1.807) is 12.1 Å². The van der Waals surface area contributed by atoms with E-state index in [0.29, 0.717) is 29.9 Å². The minimum atomic E-state index is -0.422. The van der Waals surface area contributed by atoms with Gasteiger partial charge in [-0.3, -0.25) is 4.79 Å². The van der Waals surface area contributed by atoms with E-state index in [9.17, 15) is 9.18 Å². The summed E-state index contributed by atoms with van der Waals surface area (Å²) in [7, 11) is 0. The number of fused-ring (bicyclic) bond motifs is 1. The van der Waals surface area contributed by atoms with Gasteiger partial charge in [0.05, 0.1) is 18.4 Å². The normalized spacial score (nSPS) is 16.1. The molecular weight excluding hydrogens is 321 g/mol. The van der Waals surface area contributed by atoms with Gasteiger partial charge in [-0.2, -0.15) is 0 Å². The lowest BCUT2D eigenvalue weighted by Gasteiger charge is -2.24. The Labute approximate surface area is 144 Å². The molecule has 4 rings (SSSR count).